The van der Waals surface area contributed by atoms with Gasteiger partial charge in [-0.05, 0) is 12.1 Å². The zero-order valence-electron chi connectivity index (χ0n) is 7.52. The van der Waals surface area contributed by atoms with Crippen LogP contribution >= 0.6 is 11.3 Å². The Hall–Kier alpha value is -1.55. The summed E-state index contributed by atoms with van der Waals surface area (Å²) >= 11 is 1.53. The van der Waals surface area contributed by atoms with Crippen LogP contribution in [0.15, 0.2) is 29.6 Å². The molecule has 0 radical (unpaired) electrons. The zero-order chi connectivity index (χ0) is 9.97. The van der Waals surface area contributed by atoms with E-state index in [2.05, 4.69) is 4.74 Å². The van der Waals surface area contributed by atoms with Crippen LogP contribution in [0.25, 0.3) is 10.1 Å². The third-order valence-electron chi connectivity index (χ3n) is 1.81. The predicted molar refractivity (Wildman–Crippen MR) is 54.9 cm³/mol. The number of fused-ring (bicyclic) bond motifs is 1. The number of rotatable bonds is 1. The number of benzene rings is 1. The fourth-order valence-corrected chi connectivity index (χ4v) is 2.03. The monoisotopic (exact) mass is 208 g/mol. The summed E-state index contributed by atoms with van der Waals surface area (Å²) in [5.74, 6) is 0.553. The van der Waals surface area contributed by atoms with Crippen molar-refractivity contribution in [1.82, 2.24) is 0 Å². The molecular weight excluding hydrogens is 200 g/mol. The van der Waals surface area contributed by atoms with E-state index in [0.717, 1.165) is 10.1 Å². The Bertz CT molecular complexity index is 461. The number of thiophene rings is 1. The van der Waals surface area contributed by atoms with E-state index in [1.807, 2.05) is 24.3 Å². The number of ether oxygens (including phenoxy) is 2. The van der Waals surface area contributed by atoms with Crippen molar-refractivity contribution in [2.24, 2.45) is 0 Å². The Morgan fingerprint density at radius 3 is 2.93 bits per heavy atom. The summed E-state index contributed by atoms with van der Waals surface area (Å²) in [4.78, 5) is 10.9. The van der Waals surface area contributed by atoms with Gasteiger partial charge < -0.3 is 9.47 Å². The molecule has 0 saturated heterocycles. The average Bonchev–Trinajstić information content (AvgIpc) is 2.62. The molecule has 0 atom stereocenters. The third-order valence-corrected chi connectivity index (χ3v) is 2.75. The SMILES string of the molecule is COC(=O)Oc1csc2ccccc12. The molecule has 1 aromatic carbocycles. The number of hydrogen-bond acceptors (Lipinski definition) is 4. The average molecular weight is 208 g/mol. The highest BCUT2D eigenvalue weighted by atomic mass is 32.1. The smallest absolute Gasteiger partial charge is 0.437 e. The minimum Gasteiger partial charge on any atom is -0.437 e. The minimum absolute atomic E-state index is 0.553. The lowest BCUT2D eigenvalue weighted by atomic mass is 10.2. The van der Waals surface area contributed by atoms with Crippen molar-refractivity contribution < 1.29 is 14.3 Å². The molecule has 0 unspecified atom stereocenters. The molecule has 0 N–H and O–H groups in total. The highest BCUT2D eigenvalue weighted by molar-refractivity contribution is 7.17. The molecule has 0 bridgehead atoms. The van der Waals surface area contributed by atoms with Crippen LogP contribution in [-0.2, 0) is 4.74 Å². The minimum atomic E-state index is -0.687. The van der Waals surface area contributed by atoms with Crippen LogP contribution in [0.5, 0.6) is 5.75 Å². The van der Waals surface area contributed by atoms with Gasteiger partial charge in [-0.1, -0.05) is 12.1 Å². The van der Waals surface area contributed by atoms with Crippen LogP contribution in [-0.4, -0.2) is 13.3 Å². The van der Waals surface area contributed by atoms with E-state index in [0.29, 0.717) is 5.75 Å². The maximum Gasteiger partial charge on any atom is 0.513 e. The van der Waals surface area contributed by atoms with E-state index >= 15 is 0 Å². The molecule has 0 saturated carbocycles. The van der Waals surface area contributed by atoms with Crippen LogP contribution in [0.2, 0.25) is 0 Å². The Kier molecular flexibility index (Phi) is 2.37. The lowest BCUT2D eigenvalue weighted by Crippen LogP contribution is -2.06. The first-order chi connectivity index (χ1) is 6.81. The highest BCUT2D eigenvalue weighted by Crippen LogP contribution is 2.31. The van der Waals surface area contributed by atoms with Gasteiger partial charge in [-0.25, -0.2) is 4.79 Å². The first kappa shape index (κ1) is 9.02. The Morgan fingerprint density at radius 2 is 2.14 bits per heavy atom. The van der Waals surface area contributed by atoms with Gasteiger partial charge >= 0.3 is 6.16 Å². The normalized spacial score (nSPS) is 10.1. The van der Waals surface area contributed by atoms with Crippen molar-refractivity contribution in [2.45, 2.75) is 0 Å². The Morgan fingerprint density at radius 1 is 1.36 bits per heavy atom. The van der Waals surface area contributed by atoms with E-state index in [9.17, 15) is 4.79 Å². The second kappa shape index (κ2) is 3.67. The quantitative estimate of drug-likeness (QED) is 0.676. The predicted octanol–water partition coefficient (Wildman–Crippen LogP) is 3.05. The van der Waals surface area contributed by atoms with Crippen LogP contribution in [0, 0.1) is 0 Å². The van der Waals surface area contributed by atoms with Crippen molar-refractivity contribution in [2.75, 3.05) is 7.11 Å². The summed E-state index contributed by atoms with van der Waals surface area (Å²) in [7, 11) is 1.29. The van der Waals surface area contributed by atoms with E-state index in [-0.39, 0.29) is 0 Å². The molecule has 3 nitrogen and oxygen atoms in total. The molecule has 0 amide bonds. The van der Waals surface area contributed by atoms with Gasteiger partial charge in [0.25, 0.3) is 0 Å². The molecule has 4 heteroatoms. The maximum atomic E-state index is 10.9. The fourth-order valence-electron chi connectivity index (χ4n) is 1.16. The highest BCUT2D eigenvalue weighted by Gasteiger charge is 2.08. The van der Waals surface area contributed by atoms with Gasteiger partial charge in [0.15, 0.2) is 5.75 Å². The van der Waals surface area contributed by atoms with Gasteiger partial charge in [0.1, 0.15) is 0 Å². The van der Waals surface area contributed by atoms with Gasteiger partial charge in [0, 0.05) is 15.5 Å². The number of hydrogen-bond donors (Lipinski definition) is 0. The molecule has 2 aromatic rings. The summed E-state index contributed by atoms with van der Waals surface area (Å²) in [5, 5.41) is 2.73. The molecule has 0 aliphatic rings. The lowest BCUT2D eigenvalue weighted by molar-refractivity contribution is 0.122. The Balaban J connectivity index is 2.38. The van der Waals surface area contributed by atoms with Crippen LogP contribution in [0.1, 0.15) is 0 Å². The van der Waals surface area contributed by atoms with Gasteiger partial charge in [-0.2, -0.15) is 0 Å². The molecule has 0 aliphatic heterocycles. The summed E-state index contributed by atoms with van der Waals surface area (Å²) in [6.45, 7) is 0. The second-order valence-electron chi connectivity index (χ2n) is 2.65. The van der Waals surface area contributed by atoms with E-state index in [4.69, 9.17) is 4.74 Å². The van der Waals surface area contributed by atoms with E-state index in [1.165, 1.54) is 18.4 Å². The number of carbonyl (C=O) groups excluding carboxylic acids is 1. The van der Waals surface area contributed by atoms with Crippen molar-refractivity contribution >= 4 is 27.6 Å². The molecule has 1 heterocycles. The van der Waals surface area contributed by atoms with Gasteiger partial charge in [0.2, 0.25) is 0 Å². The standard InChI is InChI=1S/C10H8O3S/c1-12-10(11)13-8-6-14-9-5-3-2-4-7(8)9/h2-6H,1H3. The summed E-state index contributed by atoms with van der Waals surface area (Å²) in [6.07, 6.45) is -0.687. The van der Waals surface area contributed by atoms with Gasteiger partial charge in [-0.15, -0.1) is 11.3 Å². The van der Waals surface area contributed by atoms with Gasteiger partial charge in [-0.3, -0.25) is 0 Å². The Labute approximate surface area is 84.9 Å². The molecular formula is C10H8O3S. The van der Waals surface area contributed by atoms with Crippen LogP contribution in [0.3, 0.4) is 0 Å². The van der Waals surface area contributed by atoms with Crippen molar-refractivity contribution in [3.05, 3.63) is 29.6 Å². The summed E-state index contributed by atoms with van der Waals surface area (Å²) < 4.78 is 10.5. The molecule has 0 spiro atoms. The largest absolute Gasteiger partial charge is 0.513 e. The topological polar surface area (TPSA) is 35.5 Å². The molecule has 14 heavy (non-hydrogen) atoms. The first-order valence-corrected chi connectivity index (χ1v) is 4.91. The summed E-state index contributed by atoms with van der Waals surface area (Å²) in [5.41, 5.74) is 0. The van der Waals surface area contributed by atoms with Crippen molar-refractivity contribution in [3.8, 4) is 5.75 Å². The first-order valence-electron chi connectivity index (χ1n) is 4.03. The lowest BCUT2D eigenvalue weighted by Gasteiger charge is -1.99. The van der Waals surface area contributed by atoms with Gasteiger partial charge in [0.05, 0.1) is 7.11 Å². The number of carbonyl (C=O) groups is 1. The summed E-state index contributed by atoms with van der Waals surface area (Å²) in [6, 6.07) is 7.73. The second-order valence-corrected chi connectivity index (χ2v) is 3.56. The van der Waals surface area contributed by atoms with E-state index in [1.54, 1.807) is 5.38 Å². The van der Waals surface area contributed by atoms with E-state index < -0.39 is 6.16 Å². The molecule has 72 valence electrons. The van der Waals surface area contributed by atoms with Crippen LogP contribution in [0.4, 0.5) is 4.79 Å². The maximum absolute atomic E-state index is 10.9. The molecule has 2 rings (SSSR count). The van der Waals surface area contributed by atoms with Crippen molar-refractivity contribution in [1.29, 1.82) is 0 Å². The van der Waals surface area contributed by atoms with Crippen molar-refractivity contribution in [3.63, 3.8) is 0 Å². The molecule has 0 fully saturated rings. The number of methoxy groups -OCH3 is 1. The van der Waals surface area contributed by atoms with Crippen LogP contribution < -0.4 is 4.74 Å². The fraction of sp³-hybridized carbons (Fsp3) is 0.100. The molecule has 1 aromatic heterocycles. The third kappa shape index (κ3) is 1.56. The zero-order valence-corrected chi connectivity index (χ0v) is 8.34. The molecule has 0 aliphatic carbocycles.